The quantitative estimate of drug-likeness (QED) is 0.808. The Labute approximate surface area is 121 Å². The number of rotatable bonds is 4. The van der Waals surface area contributed by atoms with Gasteiger partial charge in [0.15, 0.2) is 0 Å². The first-order chi connectivity index (χ1) is 9.61. The molecule has 20 heavy (non-hydrogen) atoms. The van der Waals surface area contributed by atoms with Crippen molar-refractivity contribution in [1.82, 2.24) is 10.2 Å². The Kier molecular flexibility index (Phi) is 5.40. The minimum Gasteiger partial charge on any atom is -0.353 e. The first-order valence-corrected chi connectivity index (χ1v) is 7.94. The first-order valence-electron chi connectivity index (χ1n) is 7.94. The molecule has 5 nitrogen and oxygen atoms in total. The highest BCUT2D eigenvalue weighted by molar-refractivity contribution is 5.88. The van der Waals surface area contributed by atoms with Gasteiger partial charge in [-0.3, -0.25) is 9.59 Å². The lowest BCUT2D eigenvalue weighted by molar-refractivity contribution is -0.143. The normalized spacial score (nSPS) is 31.0. The summed E-state index contributed by atoms with van der Waals surface area (Å²) in [5.74, 6) is 0.707. The number of carbonyl (C=O) groups excluding carboxylic acids is 2. The topological polar surface area (TPSA) is 75.4 Å². The van der Waals surface area contributed by atoms with Crippen LogP contribution in [-0.4, -0.2) is 41.9 Å². The van der Waals surface area contributed by atoms with Gasteiger partial charge in [-0.15, -0.1) is 0 Å². The maximum Gasteiger partial charge on any atom is 0.242 e. The van der Waals surface area contributed by atoms with Crippen LogP contribution in [-0.2, 0) is 9.59 Å². The molecule has 2 fully saturated rings. The van der Waals surface area contributed by atoms with Gasteiger partial charge in [0.25, 0.3) is 0 Å². The molecule has 0 radical (unpaired) electrons. The van der Waals surface area contributed by atoms with E-state index in [1.54, 1.807) is 4.90 Å². The molecular weight excluding hydrogens is 254 g/mol. The van der Waals surface area contributed by atoms with E-state index in [4.69, 9.17) is 5.73 Å². The number of carbonyl (C=O) groups is 2. The van der Waals surface area contributed by atoms with Crippen LogP contribution in [0.5, 0.6) is 0 Å². The summed E-state index contributed by atoms with van der Waals surface area (Å²) in [5, 5.41) is 2.83. The summed E-state index contributed by atoms with van der Waals surface area (Å²) in [5.41, 5.74) is 5.99. The van der Waals surface area contributed by atoms with Gasteiger partial charge in [0.05, 0.1) is 0 Å². The van der Waals surface area contributed by atoms with Crippen molar-refractivity contribution in [3.05, 3.63) is 0 Å². The van der Waals surface area contributed by atoms with Crippen molar-refractivity contribution in [3.63, 3.8) is 0 Å². The molecule has 0 spiro atoms. The molecule has 1 heterocycles. The maximum absolute atomic E-state index is 12.4. The molecule has 0 aromatic rings. The molecule has 0 aromatic heterocycles. The van der Waals surface area contributed by atoms with Gasteiger partial charge >= 0.3 is 0 Å². The molecule has 3 N–H and O–H groups in total. The Morgan fingerprint density at radius 3 is 2.95 bits per heavy atom. The van der Waals surface area contributed by atoms with Crippen LogP contribution >= 0.6 is 0 Å². The zero-order valence-electron chi connectivity index (χ0n) is 12.4. The minimum absolute atomic E-state index is 0.00760. The fourth-order valence-corrected chi connectivity index (χ4v) is 3.49. The average molecular weight is 281 g/mol. The molecule has 1 aliphatic heterocycles. The summed E-state index contributed by atoms with van der Waals surface area (Å²) in [7, 11) is 0. The van der Waals surface area contributed by atoms with Gasteiger partial charge < -0.3 is 16.0 Å². The fraction of sp³-hybridized carbons (Fsp3) is 0.867. The van der Waals surface area contributed by atoms with E-state index in [1.807, 2.05) is 6.92 Å². The summed E-state index contributed by atoms with van der Waals surface area (Å²) in [4.78, 5) is 25.9. The van der Waals surface area contributed by atoms with Crippen LogP contribution < -0.4 is 11.1 Å². The van der Waals surface area contributed by atoms with Gasteiger partial charge in [0, 0.05) is 25.6 Å². The number of nitrogens with zero attached hydrogens (tertiary/aromatic N) is 1. The highest BCUT2D eigenvalue weighted by Gasteiger charge is 2.31. The monoisotopic (exact) mass is 281 g/mol. The largest absolute Gasteiger partial charge is 0.353 e. The van der Waals surface area contributed by atoms with E-state index in [9.17, 15) is 9.59 Å². The molecule has 2 aliphatic rings. The van der Waals surface area contributed by atoms with E-state index in [0.29, 0.717) is 37.9 Å². The molecule has 1 saturated heterocycles. The molecule has 3 atom stereocenters. The molecule has 0 bridgehead atoms. The van der Waals surface area contributed by atoms with Crippen LogP contribution in [0.2, 0.25) is 0 Å². The second-order valence-corrected chi connectivity index (χ2v) is 6.13. The van der Waals surface area contributed by atoms with E-state index in [2.05, 4.69) is 5.32 Å². The van der Waals surface area contributed by atoms with Crippen molar-refractivity contribution in [1.29, 1.82) is 0 Å². The summed E-state index contributed by atoms with van der Waals surface area (Å²) >= 11 is 0. The third kappa shape index (κ3) is 3.72. The molecule has 2 rings (SSSR count). The van der Waals surface area contributed by atoms with Crippen molar-refractivity contribution in [2.24, 2.45) is 11.7 Å². The summed E-state index contributed by atoms with van der Waals surface area (Å²) in [6.45, 7) is 3.18. The molecule has 3 unspecified atom stereocenters. The lowest BCUT2D eigenvalue weighted by Crippen LogP contribution is -2.56. The Morgan fingerprint density at radius 2 is 2.25 bits per heavy atom. The molecular formula is C15H27N3O2. The Balaban J connectivity index is 1.82. The van der Waals surface area contributed by atoms with Gasteiger partial charge in [0.1, 0.15) is 6.04 Å². The number of nitrogens with one attached hydrogen (secondary N) is 1. The predicted octanol–water partition coefficient (Wildman–Crippen LogP) is 1.02. The van der Waals surface area contributed by atoms with Crippen LogP contribution in [0.4, 0.5) is 0 Å². The van der Waals surface area contributed by atoms with Crippen molar-refractivity contribution < 1.29 is 9.59 Å². The van der Waals surface area contributed by atoms with Gasteiger partial charge in [-0.05, 0) is 31.6 Å². The Morgan fingerprint density at radius 1 is 1.45 bits per heavy atom. The molecule has 114 valence electrons. The van der Waals surface area contributed by atoms with E-state index < -0.39 is 0 Å². The predicted molar refractivity (Wildman–Crippen MR) is 78.0 cm³/mol. The summed E-state index contributed by atoms with van der Waals surface area (Å²) < 4.78 is 0. The third-order valence-corrected chi connectivity index (χ3v) is 4.63. The SMILES string of the molecule is CCC1C(=O)NCCN1C(=O)CCC1CCCC(N)C1. The molecule has 2 amide bonds. The van der Waals surface area contributed by atoms with Crippen molar-refractivity contribution in [2.45, 2.75) is 64.0 Å². The number of amides is 2. The first kappa shape index (κ1) is 15.3. The van der Waals surface area contributed by atoms with E-state index in [-0.39, 0.29) is 17.9 Å². The highest BCUT2D eigenvalue weighted by Crippen LogP contribution is 2.27. The molecule has 0 aromatic carbocycles. The number of hydrogen-bond donors (Lipinski definition) is 2. The van der Waals surface area contributed by atoms with Crippen LogP contribution in [0.25, 0.3) is 0 Å². The lowest BCUT2D eigenvalue weighted by Gasteiger charge is -2.35. The summed E-state index contributed by atoms with van der Waals surface area (Å²) in [6.07, 6.45) is 6.70. The summed E-state index contributed by atoms with van der Waals surface area (Å²) in [6, 6.07) is 0.0397. The Hall–Kier alpha value is -1.10. The van der Waals surface area contributed by atoms with Crippen LogP contribution in [0, 0.1) is 5.92 Å². The molecule has 1 saturated carbocycles. The second-order valence-electron chi connectivity index (χ2n) is 6.13. The van der Waals surface area contributed by atoms with E-state index in [1.165, 1.54) is 12.8 Å². The van der Waals surface area contributed by atoms with Gasteiger partial charge in [-0.1, -0.05) is 19.8 Å². The maximum atomic E-state index is 12.4. The number of nitrogens with two attached hydrogens (primary N) is 1. The van der Waals surface area contributed by atoms with Crippen LogP contribution in [0.15, 0.2) is 0 Å². The van der Waals surface area contributed by atoms with Gasteiger partial charge in [-0.25, -0.2) is 0 Å². The van der Waals surface area contributed by atoms with E-state index >= 15 is 0 Å². The van der Waals surface area contributed by atoms with Gasteiger partial charge in [-0.2, -0.15) is 0 Å². The van der Waals surface area contributed by atoms with Crippen molar-refractivity contribution >= 4 is 11.8 Å². The fourth-order valence-electron chi connectivity index (χ4n) is 3.49. The zero-order chi connectivity index (χ0) is 14.5. The van der Waals surface area contributed by atoms with Crippen molar-refractivity contribution in [3.8, 4) is 0 Å². The van der Waals surface area contributed by atoms with Gasteiger partial charge in [0.2, 0.25) is 11.8 Å². The van der Waals surface area contributed by atoms with Crippen LogP contribution in [0.1, 0.15) is 51.9 Å². The second kappa shape index (κ2) is 7.07. The zero-order valence-corrected chi connectivity index (χ0v) is 12.4. The lowest BCUT2D eigenvalue weighted by atomic mass is 9.83. The number of piperazine rings is 1. The standard InChI is InChI=1S/C15H27N3O2/c1-2-13-15(20)17-8-9-18(13)14(19)7-6-11-4-3-5-12(16)10-11/h11-13H,2-10,16H2,1H3,(H,17,20). The minimum atomic E-state index is -0.273. The third-order valence-electron chi connectivity index (χ3n) is 4.63. The van der Waals surface area contributed by atoms with Crippen LogP contribution in [0.3, 0.4) is 0 Å². The molecule has 5 heteroatoms. The molecule has 1 aliphatic carbocycles. The average Bonchev–Trinajstić information content (AvgIpc) is 2.44. The number of hydrogen-bond acceptors (Lipinski definition) is 3. The highest BCUT2D eigenvalue weighted by atomic mass is 16.2. The van der Waals surface area contributed by atoms with E-state index in [0.717, 1.165) is 19.3 Å². The van der Waals surface area contributed by atoms with Crippen molar-refractivity contribution in [2.75, 3.05) is 13.1 Å². The smallest absolute Gasteiger partial charge is 0.242 e. The Bertz CT molecular complexity index is 359.